The van der Waals surface area contributed by atoms with Crippen LogP contribution in [0.3, 0.4) is 0 Å². The Balaban J connectivity index is 1.65. The van der Waals surface area contributed by atoms with Gasteiger partial charge >= 0.3 is 6.03 Å². The Morgan fingerprint density at radius 2 is 2.18 bits per heavy atom. The van der Waals surface area contributed by atoms with Crippen molar-refractivity contribution in [2.45, 2.75) is 11.7 Å². The molecule has 1 aliphatic rings. The van der Waals surface area contributed by atoms with Crippen molar-refractivity contribution in [3.63, 3.8) is 0 Å². The number of carbonyl (C=O) groups excluding carboxylic acids is 2. The Kier molecular flexibility index (Phi) is 5.84. The highest BCUT2D eigenvalue weighted by Crippen LogP contribution is 2.22. The van der Waals surface area contributed by atoms with E-state index in [4.69, 9.17) is 11.1 Å². The minimum atomic E-state index is -0.469. The van der Waals surface area contributed by atoms with E-state index in [0.717, 1.165) is 6.42 Å². The van der Waals surface area contributed by atoms with Crippen LogP contribution in [-0.4, -0.2) is 36.1 Å². The summed E-state index contributed by atoms with van der Waals surface area (Å²) in [5, 5.41) is 18.1. The molecule has 2 rings (SSSR count). The number of anilines is 1. The number of thiophene rings is 1. The van der Waals surface area contributed by atoms with Crippen LogP contribution in [0.2, 0.25) is 0 Å². The van der Waals surface area contributed by atoms with E-state index in [-0.39, 0.29) is 18.3 Å². The zero-order valence-corrected chi connectivity index (χ0v) is 13.4. The monoisotopic (exact) mass is 339 g/mol. The van der Waals surface area contributed by atoms with Gasteiger partial charge in [-0.25, -0.2) is 4.79 Å². The first-order valence-electron chi connectivity index (χ1n) is 6.61. The topological polar surface area (TPSA) is 120 Å². The van der Waals surface area contributed by atoms with Crippen LogP contribution >= 0.6 is 23.1 Å². The molecule has 2 heterocycles. The highest BCUT2D eigenvalue weighted by atomic mass is 32.2. The van der Waals surface area contributed by atoms with E-state index in [9.17, 15) is 9.59 Å². The van der Waals surface area contributed by atoms with Crippen molar-refractivity contribution in [2.24, 2.45) is 5.73 Å². The Hall–Kier alpha value is -2.00. The molecule has 3 amide bonds. The summed E-state index contributed by atoms with van der Waals surface area (Å²) in [6.07, 6.45) is 3.03. The number of urea groups is 1. The van der Waals surface area contributed by atoms with Gasteiger partial charge in [-0.3, -0.25) is 15.5 Å². The number of thioether (sulfide) groups is 1. The minimum absolute atomic E-state index is 0.0443. The van der Waals surface area contributed by atoms with Gasteiger partial charge in [0, 0.05) is 11.8 Å². The average molecular weight is 339 g/mol. The fraction of sp³-hybridized carbons (Fsp3) is 0.308. The summed E-state index contributed by atoms with van der Waals surface area (Å²) in [6.45, 7) is 0.508. The molecular weight excluding hydrogens is 322 g/mol. The molecule has 1 aliphatic heterocycles. The highest BCUT2D eigenvalue weighted by Gasteiger charge is 2.13. The Bertz CT molecular complexity index is 591. The fourth-order valence-corrected chi connectivity index (χ4v) is 3.33. The number of amides is 3. The van der Waals surface area contributed by atoms with E-state index in [1.165, 1.54) is 11.3 Å². The number of allylic oxidation sites excluding steroid dienone is 1. The summed E-state index contributed by atoms with van der Waals surface area (Å²) in [5.74, 6) is -0.268. The van der Waals surface area contributed by atoms with Crippen molar-refractivity contribution in [3.05, 3.63) is 28.5 Å². The quantitative estimate of drug-likeness (QED) is 0.396. The number of rotatable bonds is 6. The Morgan fingerprint density at radius 3 is 2.82 bits per heavy atom. The molecule has 22 heavy (non-hydrogen) atoms. The number of nitrogens with one attached hydrogen (secondary N) is 4. The zero-order valence-electron chi connectivity index (χ0n) is 11.7. The molecule has 1 atom stereocenters. The van der Waals surface area contributed by atoms with Crippen molar-refractivity contribution in [1.29, 1.82) is 5.41 Å². The first-order valence-corrected chi connectivity index (χ1v) is 8.37. The Labute approximate surface area is 136 Å². The molecule has 0 aliphatic carbocycles. The lowest BCUT2D eigenvalue weighted by molar-refractivity contribution is -0.120. The van der Waals surface area contributed by atoms with Gasteiger partial charge < -0.3 is 16.4 Å². The van der Waals surface area contributed by atoms with Gasteiger partial charge in [-0.05, 0) is 24.0 Å². The predicted molar refractivity (Wildman–Crippen MR) is 90.5 cm³/mol. The zero-order chi connectivity index (χ0) is 15.9. The smallest absolute Gasteiger partial charge is 0.320 e. The van der Waals surface area contributed by atoms with E-state index in [1.54, 1.807) is 23.9 Å². The van der Waals surface area contributed by atoms with Gasteiger partial charge in [0.05, 0.1) is 16.4 Å². The lowest BCUT2D eigenvalue weighted by Gasteiger charge is -2.10. The van der Waals surface area contributed by atoms with E-state index in [1.807, 2.05) is 5.41 Å². The number of nitrogen functional groups attached to an aromatic ring is 1. The maximum atomic E-state index is 11.7. The summed E-state index contributed by atoms with van der Waals surface area (Å²) in [4.78, 5) is 23.9. The van der Waals surface area contributed by atoms with Crippen molar-refractivity contribution < 1.29 is 9.59 Å². The van der Waals surface area contributed by atoms with E-state index in [0.29, 0.717) is 21.7 Å². The van der Waals surface area contributed by atoms with Crippen molar-refractivity contribution >= 4 is 45.9 Å². The van der Waals surface area contributed by atoms with E-state index in [2.05, 4.69) is 22.0 Å². The summed E-state index contributed by atoms with van der Waals surface area (Å²) in [7, 11) is 0. The van der Waals surface area contributed by atoms with Gasteiger partial charge in [0.1, 0.15) is 5.84 Å². The molecule has 1 unspecified atom stereocenters. The second kappa shape index (κ2) is 7.85. The molecule has 0 radical (unpaired) electrons. The molecule has 1 aromatic rings. The lowest BCUT2D eigenvalue weighted by atomic mass is 10.3. The van der Waals surface area contributed by atoms with Gasteiger partial charge in [0.15, 0.2) is 0 Å². The molecule has 0 saturated heterocycles. The maximum absolute atomic E-state index is 11.7. The fourth-order valence-electron chi connectivity index (χ4n) is 1.72. The molecule has 7 nitrogen and oxygen atoms in total. The van der Waals surface area contributed by atoms with Crippen LogP contribution in [0.1, 0.15) is 11.3 Å². The molecule has 0 aromatic carbocycles. The summed E-state index contributed by atoms with van der Waals surface area (Å²) >= 11 is 2.89. The van der Waals surface area contributed by atoms with Crippen LogP contribution in [0, 0.1) is 5.41 Å². The average Bonchev–Trinajstić information content (AvgIpc) is 3.14. The van der Waals surface area contributed by atoms with Gasteiger partial charge in [0.2, 0.25) is 5.91 Å². The second-order valence-corrected chi connectivity index (χ2v) is 6.85. The SMILES string of the molecule is N=C(N)c1ccc(NC(=O)NCC(=O)NCC2CC=CS2)s1. The molecule has 0 spiro atoms. The van der Waals surface area contributed by atoms with Crippen LogP contribution in [0.4, 0.5) is 9.80 Å². The minimum Gasteiger partial charge on any atom is -0.383 e. The standard InChI is InChI=1S/C13H17N5O2S2/c14-12(15)9-3-4-11(22-9)18-13(20)17-7-10(19)16-6-8-2-1-5-21-8/h1,3-5,8H,2,6-7H2,(H3,14,15)(H,16,19)(H2,17,18,20). The molecule has 1 aromatic heterocycles. The van der Waals surface area contributed by atoms with Crippen LogP contribution in [0.25, 0.3) is 0 Å². The molecule has 0 fully saturated rings. The highest BCUT2D eigenvalue weighted by molar-refractivity contribution is 8.03. The third-order valence-electron chi connectivity index (χ3n) is 2.81. The third-order valence-corrected chi connectivity index (χ3v) is 4.94. The molecule has 0 saturated carbocycles. The number of amidine groups is 1. The summed E-state index contributed by atoms with van der Waals surface area (Å²) in [6, 6.07) is 2.84. The number of carbonyl (C=O) groups is 2. The second-order valence-electron chi connectivity index (χ2n) is 4.55. The van der Waals surface area contributed by atoms with Gasteiger partial charge in [-0.1, -0.05) is 6.08 Å². The summed E-state index contributed by atoms with van der Waals surface area (Å²) in [5.41, 5.74) is 5.35. The van der Waals surface area contributed by atoms with Crippen LogP contribution < -0.4 is 21.7 Å². The first-order chi connectivity index (χ1) is 10.5. The van der Waals surface area contributed by atoms with Gasteiger partial charge in [-0.15, -0.1) is 23.1 Å². The number of nitrogens with two attached hydrogens (primary N) is 1. The van der Waals surface area contributed by atoms with Gasteiger partial charge in [0.25, 0.3) is 0 Å². The van der Waals surface area contributed by atoms with Crippen molar-refractivity contribution in [3.8, 4) is 0 Å². The summed E-state index contributed by atoms with van der Waals surface area (Å²) < 4.78 is 0. The molecule has 118 valence electrons. The number of hydrogen-bond acceptors (Lipinski definition) is 5. The maximum Gasteiger partial charge on any atom is 0.320 e. The van der Waals surface area contributed by atoms with Gasteiger partial charge in [-0.2, -0.15) is 0 Å². The third kappa shape index (κ3) is 5.08. The first kappa shape index (κ1) is 16.4. The van der Waals surface area contributed by atoms with E-state index >= 15 is 0 Å². The molecule has 6 N–H and O–H groups in total. The van der Waals surface area contributed by atoms with Crippen LogP contribution in [0.15, 0.2) is 23.6 Å². The molecule has 0 bridgehead atoms. The van der Waals surface area contributed by atoms with Crippen molar-refractivity contribution in [2.75, 3.05) is 18.4 Å². The van der Waals surface area contributed by atoms with Crippen LogP contribution in [0.5, 0.6) is 0 Å². The molecular formula is C13H17N5O2S2. The van der Waals surface area contributed by atoms with Crippen LogP contribution in [-0.2, 0) is 4.79 Å². The molecule has 9 heteroatoms. The van der Waals surface area contributed by atoms with Crippen molar-refractivity contribution in [1.82, 2.24) is 10.6 Å². The normalized spacial score (nSPS) is 16.3. The largest absolute Gasteiger partial charge is 0.383 e. The lowest BCUT2D eigenvalue weighted by Crippen LogP contribution is -2.40. The Morgan fingerprint density at radius 1 is 1.36 bits per heavy atom. The van der Waals surface area contributed by atoms with E-state index < -0.39 is 6.03 Å². The number of hydrogen-bond donors (Lipinski definition) is 5. The predicted octanol–water partition coefficient (Wildman–Crippen LogP) is 1.29.